The number of aromatic nitrogens is 1. The number of anilines is 1. The van der Waals surface area contributed by atoms with E-state index in [4.69, 9.17) is 0 Å². The molecule has 0 saturated heterocycles. The second-order valence-corrected chi connectivity index (χ2v) is 5.65. The molecule has 0 N–H and O–H groups in total. The van der Waals surface area contributed by atoms with Crippen LogP contribution >= 0.6 is 0 Å². The van der Waals surface area contributed by atoms with Gasteiger partial charge in [0.1, 0.15) is 5.82 Å². The lowest BCUT2D eigenvalue weighted by molar-refractivity contribution is 0.101. The van der Waals surface area contributed by atoms with Gasteiger partial charge in [-0.05, 0) is 50.7 Å². The molecule has 0 spiro atoms. The number of hydrogen-bond acceptors (Lipinski definition) is 3. The van der Waals surface area contributed by atoms with Crippen molar-refractivity contribution in [1.82, 2.24) is 4.98 Å². The number of hydrogen-bond donors (Lipinski definition) is 0. The van der Waals surface area contributed by atoms with Crippen LogP contribution in [0.15, 0.2) is 18.3 Å². The van der Waals surface area contributed by atoms with Gasteiger partial charge in [0.25, 0.3) is 0 Å². The monoisotopic (exact) mass is 260 g/mol. The summed E-state index contributed by atoms with van der Waals surface area (Å²) in [5.74, 6) is 1.93. The Morgan fingerprint density at radius 1 is 1.37 bits per heavy atom. The SMILES string of the molecule is CCC1CCC(N(C)c2cc(C(C)=O)ccn2)CC1. The van der Waals surface area contributed by atoms with Crippen molar-refractivity contribution in [3.63, 3.8) is 0 Å². The molecule has 2 rings (SSSR count). The van der Waals surface area contributed by atoms with Crippen molar-refractivity contribution < 1.29 is 4.79 Å². The number of carbonyl (C=O) groups is 1. The van der Waals surface area contributed by atoms with E-state index in [0.29, 0.717) is 6.04 Å². The van der Waals surface area contributed by atoms with E-state index < -0.39 is 0 Å². The number of nitrogens with zero attached hydrogens (tertiary/aromatic N) is 2. The zero-order valence-electron chi connectivity index (χ0n) is 12.2. The Hall–Kier alpha value is -1.38. The Morgan fingerprint density at radius 2 is 2.05 bits per heavy atom. The molecule has 104 valence electrons. The topological polar surface area (TPSA) is 33.2 Å². The highest BCUT2D eigenvalue weighted by atomic mass is 16.1. The van der Waals surface area contributed by atoms with Gasteiger partial charge < -0.3 is 4.90 Å². The van der Waals surface area contributed by atoms with Crippen molar-refractivity contribution in [2.75, 3.05) is 11.9 Å². The molecular weight excluding hydrogens is 236 g/mol. The largest absolute Gasteiger partial charge is 0.357 e. The van der Waals surface area contributed by atoms with Crippen LogP contribution in [-0.2, 0) is 0 Å². The summed E-state index contributed by atoms with van der Waals surface area (Å²) in [4.78, 5) is 18.1. The Kier molecular flexibility index (Phi) is 4.56. The quantitative estimate of drug-likeness (QED) is 0.774. The zero-order valence-corrected chi connectivity index (χ0v) is 12.2. The molecule has 0 atom stereocenters. The van der Waals surface area contributed by atoms with Gasteiger partial charge >= 0.3 is 0 Å². The predicted molar refractivity (Wildman–Crippen MR) is 78.7 cm³/mol. The fraction of sp³-hybridized carbons (Fsp3) is 0.625. The van der Waals surface area contributed by atoms with Crippen LogP contribution in [0.4, 0.5) is 5.82 Å². The van der Waals surface area contributed by atoms with Crippen LogP contribution in [0, 0.1) is 5.92 Å². The molecular formula is C16H24N2O. The van der Waals surface area contributed by atoms with Gasteiger partial charge in [-0.25, -0.2) is 4.98 Å². The molecule has 1 fully saturated rings. The van der Waals surface area contributed by atoms with Gasteiger partial charge in [0.05, 0.1) is 0 Å². The smallest absolute Gasteiger partial charge is 0.159 e. The van der Waals surface area contributed by atoms with Crippen molar-refractivity contribution in [2.24, 2.45) is 5.92 Å². The van der Waals surface area contributed by atoms with E-state index in [2.05, 4.69) is 23.9 Å². The van der Waals surface area contributed by atoms with Crippen LogP contribution in [0.5, 0.6) is 0 Å². The maximum Gasteiger partial charge on any atom is 0.159 e. The van der Waals surface area contributed by atoms with Gasteiger partial charge in [0.2, 0.25) is 0 Å². The average molecular weight is 260 g/mol. The maximum atomic E-state index is 11.4. The van der Waals surface area contributed by atoms with Gasteiger partial charge in [-0.1, -0.05) is 13.3 Å². The molecule has 0 bridgehead atoms. The second-order valence-electron chi connectivity index (χ2n) is 5.65. The molecule has 0 aliphatic heterocycles. The van der Waals surface area contributed by atoms with E-state index in [1.807, 2.05) is 6.07 Å². The first kappa shape index (κ1) is 14.0. The highest BCUT2D eigenvalue weighted by Gasteiger charge is 2.23. The minimum absolute atomic E-state index is 0.103. The van der Waals surface area contributed by atoms with Crippen molar-refractivity contribution in [2.45, 2.75) is 52.0 Å². The summed E-state index contributed by atoms with van der Waals surface area (Å²) < 4.78 is 0. The summed E-state index contributed by atoms with van der Waals surface area (Å²) in [6.07, 6.45) is 8.15. The van der Waals surface area contributed by atoms with E-state index in [1.165, 1.54) is 32.1 Å². The number of rotatable bonds is 4. The average Bonchev–Trinajstić information content (AvgIpc) is 2.46. The minimum atomic E-state index is 0.103. The number of Topliss-reactive ketones (excluding diaryl/α,β-unsaturated/α-hetero) is 1. The first-order chi connectivity index (χ1) is 9.11. The molecule has 0 amide bonds. The molecule has 1 aliphatic rings. The highest BCUT2D eigenvalue weighted by Crippen LogP contribution is 2.30. The van der Waals surface area contributed by atoms with Crippen LogP contribution in [0.2, 0.25) is 0 Å². The van der Waals surface area contributed by atoms with Crippen molar-refractivity contribution in [1.29, 1.82) is 0 Å². The van der Waals surface area contributed by atoms with Gasteiger partial charge in [0.15, 0.2) is 5.78 Å². The van der Waals surface area contributed by atoms with E-state index in [1.54, 1.807) is 19.2 Å². The normalized spacial score (nSPS) is 23.1. The van der Waals surface area contributed by atoms with Crippen molar-refractivity contribution in [3.05, 3.63) is 23.9 Å². The van der Waals surface area contributed by atoms with E-state index in [0.717, 1.165) is 17.3 Å². The molecule has 3 heteroatoms. The third-order valence-corrected chi connectivity index (χ3v) is 4.45. The molecule has 1 heterocycles. The Morgan fingerprint density at radius 3 is 2.63 bits per heavy atom. The fourth-order valence-corrected chi connectivity index (χ4v) is 2.96. The van der Waals surface area contributed by atoms with Gasteiger partial charge in [-0.2, -0.15) is 0 Å². The first-order valence-electron chi connectivity index (χ1n) is 7.31. The van der Waals surface area contributed by atoms with E-state index in [-0.39, 0.29) is 5.78 Å². The molecule has 0 unspecified atom stereocenters. The summed E-state index contributed by atoms with van der Waals surface area (Å²) in [5, 5.41) is 0. The molecule has 1 aromatic rings. The molecule has 3 nitrogen and oxygen atoms in total. The van der Waals surface area contributed by atoms with Crippen molar-refractivity contribution in [3.8, 4) is 0 Å². The fourth-order valence-electron chi connectivity index (χ4n) is 2.96. The number of pyridine rings is 1. The molecule has 0 radical (unpaired) electrons. The Balaban J connectivity index is 2.05. The van der Waals surface area contributed by atoms with Crippen LogP contribution in [-0.4, -0.2) is 23.9 Å². The molecule has 1 aromatic heterocycles. The summed E-state index contributed by atoms with van der Waals surface area (Å²) in [6, 6.07) is 4.26. The van der Waals surface area contributed by atoms with Crippen LogP contribution in [0.1, 0.15) is 56.3 Å². The third kappa shape index (κ3) is 3.34. The molecule has 0 aromatic carbocycles. The lowest BCUT2D eigenvalue weighted by Crippen LogP contribution is -2.35. The predicted octanol–water partition coefficient (Wildman–Crippen LogP) is 3.69. The van der Waals surface area contributed by atoms with Crippen LogP contribution in [0.25, 0.3) is 0 Å². The Bertz CT molecular complexity index is 436. The van der Waals surface area contributed by atoms with Crippen LogP contribution in [0.3, 0.4) is 0 Å². The van der Waals surface area contributed by atoms with Gasteiger partial charge in [0, 0.05) is 24.8 Å². The minimum Gasteiger partial charge on any atom is -0.357 e. The molecule has 19 heavy (non-hydrogen) atoms. The number of ketones is 1. The summed E-state index contributed by atoms with van der Waals surface area (Å²) in [5.41, 5.74) is 0.749. The number of carbonyl (C=O) groups excluding carboxylic acids is 1. The van der Waals surface area contributed by atoms with Crippen LogP contribution < -0.4 is 4.90 Å². The van der Waals surface area contributed by atoms with E-state index >= 15 is 0 Å². The third-order valence-electron chi connectivity index (χ3n) is 4.45. The molecule has 1 aliphatic carbocycles. The van der Waals surface area contributed by atoms with Crippen molar-refractivity contribution >= 4 is 11.6 Å². The van der Waals surface area contributed by atoms with Gasteiger partial charge in [-0.3, -0.25) is 4.79 Å². The second kappa shape index (κ2) is 6.18. The summed E-state index contributed by atoms with van der Waals surface area (Å²) in [6.45, 7) is 3.89. The summed E-state index contributed by atoms with van der Waals surface area (Å²) >= 11 is 0. The van der Waals surface area contributed by atoms with Gasteiger partial charge in [-0.15, -0.1) is 0 Å². The summed E-state index contributed by atoms with van der Waals surface area (Å²) in [7, 11) is 2.10. The first-order valence-corrected chi connectivity index (χ1v) is 7.31. The van der Waals surface area contributed by atoms with E-state index in [9.17, 15) is 4.79 Å². The maximum absolute atomic E-state index is 11.4. The standard InChI is InChI=1S/C16H24N2O/c1-4-13-5-7-15(8-6-13)18(3)16-11-14(12(2)19)9-10-17-16/h9-11,13,15H,4-8H2,1-3H3. The lowest BCUT2D eigenvalue weighted by Gasteiger charge is -2.35. The lowest BCUT2D eigenvalue weighted by atomic mass is 9.84. The highest BCUT2D eigenvalue weighted by molar-refractivity contribution is 5.94. The Labute approximate surface area is 116 Å². The molecule has 1 saturated carbocycles. The zero-order chi connectivity index (χ0) is 13.8.